The SMILES string of the molecule is Cc1ccc(CSc2nsnc2C2=CCCN(C)C2)s1.O=C(O)C(=O)O. The molecule has 7 nitrogen and oxygen atoms in total. The predicted octanol–water partition coefficient (Wildman–Crippen LogP) is 3.07. The van der Waals surface area contributed by atoms with E-state index < -0.39 is 11.9 Å². The molecule has 0 saturated heterocycles. The average Bonchev–Trinajstić information content (AvgIpc) is 3.22. The predicted molar refractivity (Wildman–Crippen MR) is 104 cm³/mol. The molecule has 0 aliphatic carbocycles. The standard InChI is InChI=1S/C14H17N3S3.C2H2O4/c1-10-5-6-12(19-10)9-18-14-13(15-20-16-14)11-4-3-7-17(2)8-11;3-1(4)2(5)6/h4-6H,3,7-9H2,1-2H3;(H,3,4)(H,5,6). The minimum absolute atomic E-state index is 0.983. The van der Waals surface area contributed by atoms with E-state index in [1.165, 1.54) is 27.1 Å². The Morgan fingerprint density at radius 1 is 1.27 bits per heavy atom. The van der Waals surface area contributed by atoms with E-state index in [4.69, 9.17) is 19.8 Å². The first-order valence-electron chi connectivity index (χ1n) is 7.71. The first-order chi connectivity index (χ1) is 12.4. The van der Waals surface area contributed by atoms with Gasteiger partial charge in [-0.3, -0.25) is 0 Å². The van der Waals surface area contributed by atoms with Crippen LogP contribution in [0.5, 0.6) is 0 Å². The van der Waals surface area contributed by atoms with Gasteiger partial charge in [-0.2, -0.15) is 8.75 Å². The number of rotatable bonds is 4. The molecule has 0 fully saturated rings. The van der Waals surface area contributed by atoms with Gasteiger partial charge in [0.05, 0.1) is 11.7 Å². The summed E-state index contributed by atoms with van der Waals surface area (Å²) in [6, 6.07) is 4.39. The van der Waals surface area contributed by atoms with Crippen LogP contribution in [-0.2, 0) is 15.3 Å². The Hall–Kier alpha value is -1.75. The van der Waals surface area contributed by atoms with Gasteiger partial charge in [0.25, 0.3) is 0 Å². The maximum Gasteiger partial charge on any atom is 0.414 e. The first kappa shape index (κ1) is 20.6. The molecular weight excluding hydrogens is 394 g/mol. The molecule has 140 valence electrons. The topological polar surface area (TPSA) is 104 Å². The Bertz CT molecular complexity index is 788. The summed E-state index contributed by atoms with van der Waals surface area (Å²) in [5.74, 6) is -2.66. The van der Waals surface area contributed by atoms with Gasteiger partial charge in [-0.1, -0.05) is 17.8 Å². The fourth-order valence-electron chi connectivity index (χ4n) is 2.24. The van der Waals surface area contributed by atoms with Crippen molar-refractivity contribution in [2.45, 2.75) is 24.1 Å². The van der Waals surface area contributed by atoms with E-state index in [9.17, 15) is 0 Å². The van der Waals surface area contributed by atoms with Crippen LogP contribution in [0.25, 0.3) is 5.57 Å². The van der Waals surface area contributed by atoms with Crippen LogP contribution in [0.15, 0.2) is 23.2 Å². The zero-order chi connectivity index (χ0) is 19.1. The molecule has 0 bridgehead atoms. The average molecular weight is 414 g/mol. The summed E-state index contributed by atoms with van der Waals surface area (Å²) < 4.78 is 8.99. The van der Waals surface area contributed by atoms with Crippen LogP contribution in [0.4, 0.5) is 0 Å². The van der Waals surface area contributed by atoms with Crippen molar-refractivity contribution in [1.29, 1.82) is 0 Å². The van der Waals surface area contributed by atoms with Gasteiger partial charge >= 0.3 is 11.9 Å². The molecule has 10 heteroatoms. The summed E-state index contributed by atoms with van der Waals surface area (Å²) in [4.78, 5) is 23.3. The molecule has 2 aromatic rings. The molecule has 0 aromatic carbocycles. The first-order valence-corrected chi connectivity index (χ1v) is 10.2. The number of aromatic nitrogens is 2. The number of nitrogens with zero attached hydrogens (tertiary/aromatic N) is 3. The summed E-state index contributed by atoms with van der Waals surface area (Å²) in [7, 11) is 2.16. The molecule has 0 spiro atoms. The quantitative estimate of drug-likeness (QED) is 0.582. The molecule has 1 aliphatic rings. The number of carboxylic acids is 2. The molecule has 3 heterocycles. The van der Waals surface area contributed by atoms with Crippen LogP contribution < -0.4 is 0 Å². The number of hydrogen-bond acceptors (Lipinski definition) is 8. The molecule has 1 aliphatic heterocycles. The Morgan fingerprint density at radius 3 is 2.58 bits per heavy atom. The van der Waals surface area contributed by atoms with Gasteiger partial charge in [0.1, 0.15) is 10.7 Å². The molecule has 0 amide bonds. The van der Waals surface area contributed by atoms with Crippen LogP contribution >= 0.6 is 34.8 Å². The van der Waals surface area contributed by atoms with Gasteiger partial charge in [-0.25, -0.2) is 9.59 Å². The maximum atomic E-state index is 9.10. The Balaban J connectivity index is 0.000000352. The van der Waals surface area contributed by atoms with Gasteiger partial charge in [-0.05, 0) is 38.1 Å². The maximum absolute atomic E-state index is 9.10. The fourth-order valence-corrected chi connectivity index (χ4v) is 4.88. The number of likely N-dealkylation sites (N-methyl/N-ethyl adjacent to an activating group) is 1. The second-order valence-electron chi connectivity index (χ2n) is 5.59. The number of aliphatic carboxylic acids is 2. The summed E-state index contributed by atoms with van der Waals surface area (Å²) >= 11 is 4.99. The lowest BCUT2D eigenvalue weighted by atomic mass is 10.1. The lowest BCUT2D eigenvalue weighted by Crippen LogP contribution is -2.25. The molecule has 0 saturated carbocycles. The third-order valence-corrected chi connectivity index (χ3v) is 6.28. The number of aryl methyl sites for hydroxylation is 1. The monoisotopic (exact) mass is 413 g/mol. The highest BCUT2D eigenvalue weighted by molar-refractivity contribution is 7.98. The summed E-state index contributed by atoms with van der Waals surface area (Å²) in [5, 5.41) is 15.9. The second-order valence-corrected chi connectivity index (χ2v) is 8.45. The summed E-state index contributed by atoms with van der Waals surface area (Å²) in [6.07, 6.45) is 3.42. The van der Waals surface area contributed by atoms with Gasteiger partial charge < -0.3 is 15.1 Å². The minimum Gasteiger partial charge on any atom is -0.473 e. The highest BCUT2D eigenvalue weighted by Crippen LogP contribution is 2.32. The van der Waals surface area contributed by atoms with Crippen LogP contribution in [0.2, 0.25) is 0 Å². The zero-order valence-corrected chi connectivity index (χ0v) is 16.8. The third-order valence-electron chi connectivity index (χ3n) is 3.43. The van der Waals surface area contributed by atoms with Crippen molar-refractivity contribution in [3.63, 3.8) is 0 Å². The molecule has 26 heavy (non-hydrogen) atoms. The van der Waals surface area contributed by atoms with Crippen molar-refractivity contribution in [2.75, 3.05) is 20.1 Å². The molecule has 0 atom stereocenters. The molecular formula is C16H19N3O4S3. The van der Waals surface area contributed by atoms with Crippen molar-refractivity contribution in [3.05, 3.63) is 33.7 Å². The molecule has 0 unspecified atom stereocenters. The van der Waals surface area contributed by atoms with E-state index >= 15 is 0 Å². The highest BCUT2D eigenvalue weighted by atomic mass is 32.2. The Morgan fingerprint density at radius 2 is 2.00 bits per heavy atom. The number of thiophene rings is 1. The van der Waals surface area contributed by atoms with Gasteiger partial charge in [0, 0.05) is 28.6 Å². The van der Waals surface area contributed by atoms with Crippen molar-refractivity contribution < 1.29 is 19.8 Å². The number of thioether (sulfide) groups is 1. The lowest BCUT2D eigenvalue weighted by Gasteiger charge is -2.22. The number of carboxylic acid groups (broad SMARTS) is 2. The molecule has 0 radical (unpaired) electrons. The third kappa shape index (κ3) is 6.20. The van der Waals surface area contributed by atoms with E-state index in [0.717, 1.165) is 36.0 Å². The van der Waals surface area contributed by atoms with E-state index in [1.54, 1.807) is 11.8 Å². The molecule has 2 aromatic heterocycles. The van der Waals surface area contributed by atoms with Gasteiger partial charge in [0.15, 0.2) is 0 Å². The fraction of sp³-hybridized carbons (Fsp3) is 0.375. The van der Waals surface area contributed by atoms with E-state index in [0.29, 0.717) is 0 Å². The summed E-state index contributed by atoms with van der Waals surface area (Å²) in [6.45, 7) is 4.27. The largest absolute Gasteiger partial charge is 0.473 e. The Labute approximate surface area is 163 Å². The van der Waals surface area contributed by atoms with E-state index in [-0.39, 0.29) is 0 Å². The van der Waals surface area contributed by atoms with Gasteiger partial charge in [0.2, 0.25) is 0 Å². The Kier molecular flexibility index (Phi) is 7.76. The van der Waals surface area contributed by atoms with Crippen molar-refractivity contribution in [3.8, 4) is 0 Å². The van der Waals surface area contributed by atoms with Gasteiger partial charge in [-0.15, -0.1) is 11.3 Å². The van der Waals surface area contributed by atoms with Crippen molar-refractivity contribution >= 4 is 52.3 Å². The lowest BCUT2D eigenvalue weighted by molar-refractivity contribution is -0.159. The van der Waals surface area contributed by atoms with Crippen LogP contribution in [0.1, 0.15) is 21.9 Å². The second kappa shape index (κ2) is 9.81. The minimum atomic E-state index is -1.82. The van der Waals surface area contributed by atoms with Crippen molar-refractivity contribution in [1.82, 2.24) is 13.6 Å². The summed E-state index contributed by atoms with van der Waals surface area (Å²) in [5.41, 5.74) is 2.43. The van der Waals surface area contributed by atoms with Crippen LogP contribution in [-0.4, -0.2) is 55.9 Å². The highest BCUT2D eigenvalue weighted by Gasteiger charge is 2.17. The van der Waals surface area contributed by atoms with E-state index in [2.05, 4.69) is 45.8 Å². The molecule has 2 N–H and O–H groups in total. The normalized spacial score (nSPS) is 14.3. The van der Waals surface area contributed by atoms with Crippen LogP contribution in [0.3, 0.4) is 0 Å². The zero-order valence-electron chi connectivity index (χ0n) is 14.3. The smallest absolute Gasteiger partial charge is 0.414 e. The molecule has 3 rings (SSSR count). The number of hydrogen-bond donors (Lipinski definition) is 2. The van der Waals surface area contributed by atoms with E-state index in [1.807, 2.05) is 11.3 Å². The van der Waals surface area contributed by atoms with Crippen LogP contribution in [0, 0.1) is 6.92 Å². The van der Waals surface area contributed by atoms with Crippen molar-refractivity contribution in [2.24, 2.45) is 0 Å². The number of carbonyl (C=O) groups is 2.